The molecule has 1 aliphatic rings. The van der Waals surface area contributed by atoms with E-state index in [1.165, 1.54) is 27.6 Å². The van der Waals surface area contributed by atoms with Crippen molar-refractivity contribution in [3.8, 4) is 0 Å². The standard InChI is InChI=1S/C18H18N2/c1-12-15-4-2-3-5-16(15)17(11-20-12)13-6-7-18-14(10-13)8-9-19-18/h2-10,12,17,19-20H,11H2,1H3/t12-,17-/m0/s1. The van der Waals surface area contributed by atoms with Gasteiger partial charge in [-0.1, -0.05) is 30.3 Å². The molecule has 100 valence electrons. The zero-order chi connectivity index (χ0) is 13.5. The average molecular weight is 262 g/mol. The Bertz CT molecular complexity index is 757. The van der Waals surface area contributed by atoms with Crippen LogP contribution in [0.15, 0.2) is 54.7 Å². The first-order chi connectivity index (χ1) is 9.83. The molecule has 0 saturated heterocycles. The summed E-state index contributed by atoms with van der Waals surface area (Å²) in [5.74, 6) is 0.446. The second kappa shape index (κ2) is 4.50. The number of aromatic amines is 1. The fourth-order valence-electron chi connectivity index (χ4n) is 3.32. The molecule has 0 fully saturated rings. The van der Waals surface area contributed by atoms with Crippen LogP contribution in [-0.2, 0) is 0 Å². The number of rotatable bonds is 1. The van der Waals surface area contributed by atoms with Gasteiger partial charge in [0.2, 0.25) is 0 Å². The van der Waals surface area contributed by atoms with Crippen LogP contribution < -0.4 is 5.32 Å². The van der Waals surface area contributed by atoms with Gasteiger partial charge in [-0.2, -0.15) is 0 Å². The van der Waals surface area contributed by atoms with E-state index in [9.17, 15) is 0 Å². The normalized spacial score (nSPS) is 21.9. The summed E-state index contributed by atoms with van der Waals surface area (Å²) < 4.78 is 0. The van der Waals surface area contributed by atoms with Gasteiger partial charge in [0.25, 0.3) is 0 Å². The van der Waals surface area contributed by atoms with Crippen LogP contribution in [-0.4, -0.2) is 11.5 Å². The van der Waals surface area contributed by atoms with E-state index in [2.05, 4.69) is 65.8 Å². The molecule has 20 heavy (non-hydrogen) atoms. The van der Waals surface area contributed by atoms with Crippen molar-refractivity contribution in [1.29, 1.82) is 0 Å². The summed E-state index contributed by atoms with van der Waals surface area (Å²) >= 11 is 0. The highest BCUT2D eigenvalue weighted by molar-refractivity contribution is 5.80. The van der Waals surface area contributed by atoms with E-state index in [1.807, 2.05) is 6.20 Å². The number of fused-ring (bicyclic) bond motifs is 2. The van der Waals surface area contributed by atoms with Gasteiger partial charge < -0.3 is 10.3 Å². The maximum atomic E-state index is 3.62. The summed E-state index contributed by atoms with van der Waals surface area (Å²) in [6.45, 7) is 3.25. The van der Waals surface area contributed by atoms with Crippen molar-refractivity contribution < 1.29 is 0 Å². The highest BCUT2D eigenvalue weighted by Crippen LogP contribution is 2.35. The molecule has 2 atom stereocenters. The van der Waals surface area contributed by atoms with Gasteiger partial charge in [-0.05, 0) is 47.2 Å². The van der Waals surface area contributed by atoms with E-state index >= 15 is 0 Å². The van der Waals surface area contributed by atoms with Gasteiger partial charge in [-0.3, -0.25) is 0 Å². The molecule has 0 unspecified atom stereocenters. The molecular formula is C18H18N2. The molecule has 2 nitrogen and oxygen atoms in total. The second-order valence-corrected chi connectivity index (χ2v) is 5.64. The van der Waals surface area contributed by atoms with E-state index in [0.29, 0.717) is 12.0 Å². The summed E-state index contributed by atoms with van der Waals surface area (Å²) in [4.78, 5) is 3.26. The molecule has 0 saturated carbocycles. The summed E-state index contributed by atoms with van der Waals surface area (Å²) in [5, 5.41) is 4.91. The Labute approximate surface area is 118 Å². The van der Waals surface area contributed by atoms with Crippen molar-refractivity contribution in [2.75, 3.05) is 6.54 Å². The van der Waals surface area contributed by atoms with Gasteiger partial charge in [0.15, 0.2) is 0 Å². The lowest BCUT2D eigenvalue weighted by molar-refractivity contribution is 0.508. The predicted octanol–water partition coefficient (Wildman–Crippen LogP) is 3.96. The van der Waals surface area contributed by atoms with Gasteiger partial charge in [0.1, 0.15) is 0 Å². The Morgan fingerprint density at radius 2 is 1.85 bits per heavy atom. The highest BCUT2D eigenvalue weighted by atomic mass is 14.9. The third-order valence-corrected chi connectivity index (χ3v) is 4.45. The Morgan fingerprint density at radius 3 is 2.75 bits per heavy atom. The summed E-state index contributed by atoms with van der Waals surface area (Å²) in [6, 6.07) is 18.1. The van der Waals surface area contributed by atoms with Crippen molar-refractivity contribution in [3.63, 3.8) is 0 Å². The van der Waals surface area contributed by atoms with E-state index in [1.54, 1.807) is 0 Å². The molecule has 2 heteroatoms. The molecule has 0 spiro atoms. The average Bonchev–Trinajstić information content (AvgIpc) is 2.95. The highest BCUT2D eigenvalue weighted by Gasteiger charge is 2.25. The monoisotopic (exact) mass is 262 g/mol. The van der Waals surface area contributed by atoms with Crippen molar-refractivity contribution in [1.82, 2.24) is 10.3 Å². The third-order valence-electron chi connectivity index (χ3n) is 4.45. The van der Waals surface area contributed by atoms with Crippen LogP contribution in [0.25, 0.3) is 10.9 Å². The smallest absolute Gasteiger partial charge is 0.0454 e. The quantitative estimate of drug-likeness (QED) is 0.682. The van der Waals surface area contributed by atoms with Crippen molar-refractivity contribution >= 4 is 10.9 Å². The Balaban J connectivity index is 1.84. The number of hydrogen-bond donors (Lipinski definition) is 2. The van der Waals surface area contributed by atoms with E-state index in [4.69, 9.17) is 0 Å². The largest absolute Gasteiger partial charge is 0.361 e. The van der Waals surface area contributed by atoms with Crippen LogP contribution >= 0.6 is 0 Å². The Kier molecular flexibility index (Phi) is 2.64. The molecule has 4 rings (SSSR count). The number of benzene rings is 2. The minimum Gasteiger partial charge on any atom is -0.361 e. The van der Waals surface area contributed by atoms with Gasteiger partial charge in [0, 0.05) is 30.2 Å². The minimum absolute atomic E-state index is 0.443. The SMILES string of the molecule is C[C@@H]1NC[C@@H](c2ccc3[nH]ccc3c2)c2ccccc21. The Morgan fingerprint density at radius 1 is 1.00 bits per heavy atom. The van der Waals surface area contributed by atoms with Crippen LogP contribution in [0, 0.1) is 0 Å². The number of nitrogens with one attached hydrogen (secondary N) is 2. The molecule has 0 amide bonds. The van der Waals surface area contributed by atoms with Crippen LogP contribution in [0.2, 0.25) is 0 Å². The molecular weight excluding hydrogens is 244 g/mol. The molecule has 0 bridgehead atoms. The summed E-state index contributed by atoms with van der Waals surface area (Å²) in [5.41, 5.74) is 5.50. The molecule has 2 aromatic carbocycles. The number of H-pyrrole nitrogens is 1. The molecule has 1 aliphatic heterocycles. The molecule has 0 radical (unpaired) electrons. The summed E-state index contributed by atoms with van der Waals surface area (Å²) in [7, 11) is 0. The zero-order valence-corrected chi connectivity index (χ0v) is 11.6. The van der Waals surface area contributed by atoms with E-state index in [-0.39, 0.29) is 0 Å². The lowest BCUT2D eigenvalue weighted by Crippen LogP contribution is -2.31. The topological polar surface area (TPSA) is 27.8 Å². The molecule has 1 aromatic heterocycles. The minimum atomic E-state index is 0.443. The Hall–Kier alpha value is -2.06. The van der Waals surface area contributed by atoms with Crippen LogP contribution in [0.5, 0.6) is 0 Å². The van der Waals surface area contributed by atoms with Crippen molar-refractivity contribution in [3.05, 3.63) is 71.4 Å². The molecule has 0 aliphatic carbocycles. The first kappa shape index (κ1) is 11.7. The zero-order valence-electron chi connectivity index (χ0n) is 11.6. The van der Waals surface area contributed by atoms with Crippen LogP contribution in [0.4, 0.5) is 0 Å². The number of hydrogen-bond acceptors (Lipinski definition) is 1. The van der Waals surface area contributed by atoms with Crippen molar-refractivity contribution in [2.45, 2.75) is 18.9 Å². The molecule has 2 heterocycles. The van der Waals surface area contributed by atoms with Gasteiger partial charge in [0.05, 0.1) is 0 Å². The maximum Gasteiger partial charge on any atom is 0.0454 e. The number of aromatic nitrogens is 1. The molecule has 2 N–H and O–H groups in total. The molecule has 3 aromatic rings. The van der Waals surface area contributed by atoms with E-state index in [0.717, 1.165) is 6.54 Å². The maximum absolute atomic E-state index is 3.62. The second-order valence-electron chi connectivity index (χ2n) is 5.64. The lowest BCUT2D eigenvalue weighted by Gasteiger charge is -2.31. The van der Waals surface area contributed by atoms with E-state index < -0.39 is 0 Å². The van der Waals surface area contributed by atoms with Crippen LogP contribution in [0.3, 0.4) is 0 Å². The predicted molar refractivity (Wildman–Crippen MR) is 83.0 cm³/mol. The van der Waals surface area contributed by atoms with Crippen molar-refractivity contribution in [2.24, 2.45) is 0 Å². The first-order valence-corrected chi connectivity index (χ1v) is 7.22. The lowest BCUT2D eigenvalue weighted by atomic mass is 9.83. The van der Waals surface area contributed by atoms with Gasteiger partial charge in [-0.15, -0.1) is 0 Å². The first-order valence-electron chi connectivity index (χ1n) is 7.22. The van der Waals surface area contributed by atoms with Gasteiger partial charge in [-0.25, -0.2) is 0 Å². The fraction of sp³-hybridized carbons (Fsp3) is 0.222. The van der Waals surface area contributed by atoms with Crippen LogP contribution in [0.1, 0.15) is 35.6 Å². The fourth-order valence-corrected chi connectivity index (χ4v) is 3.32. The third kappa shape index (κ3) is 1.76. The summed E-state index contributed by atoms with van der Waals surface area (Å²) in [6.07, 6.45) is 2.00. The van der Waals surface area contributed by atoms with Gasteiger partial charge >= 0.3 is 0 Å².